The molecule has 0 unspecified atom stereocenters. The highest BCUT2D eigenvalue weighted by atomic mass is 16.5. The third-order valence-electron chi connectivity index (χ3n) is 5.15. The Morgan fingerprint density at radius 3 is 2.59 bits per heavy atom. The van der Waals surface area contributed by atoms with Gasteiger partial charge in [0.05, 0.1) is 12.7 Å². The van der Waals surface area contributed by atoms with Crippen LogP contribution >= 0.6 is 0 Å². The average molecular weight is 370 g/mol. The topological polar surface area (TPSA) is 39.7 Å². The zero-order chi connectivity index (χ0) is 18.9. The van der Waals surface area contributed by atoms with Gasteiger partial charge in [-0.15, -0.1) is 0 Å². The zero-order valence-electron chi connectivity index (χ0n) is 16.4. The van der Waals surface area contributed by atoms with Crippen LogP contribution in [-0.4, -0.2) is 39.5 Å². The Balaban J connectivity index is 1.83. The predicted octanol–water partition coefficient (Wildman–Crippen LogP) is 4.68. The molecule has 0 saturated carbocycles. The van der Waals surface area contributed by atoms with Crippen LogP contribution in [0.4, 0.5) is 0 Å². The number of hydrogen-bond donors (Lipinski definition) is 1. The molecule has 4 heteroatoms. The van der Waals surface area contributed by atoms with E-state index in [2.05, 4.69) is 36.5 Å². The predicted molar refractivity (Wildman–Crippen MR) is 109 cm³/mol. The van der Waals surface area contributed by atoms with Crippen molar-refractivity contribution in [2.24, 2.45) is 0 Å². The normalized spacial score (nSPS) is 18.2. The second-order valence-electron chi connectivity index (χ2n) is 7.11. The summed E-state index contributed by atoms with van der Waals surface area (Å²) in [6, 6.07) is 16.5. The van der Waals surface area contributed by atoms with Gasteiger partial charge in [0.15, 0.2) is 0 Å². The first-order valence-corrected chi connectivity index (χ1v) is 9.93. The smallest absolute Gasteiger partial charge is 0.131 e. The van der Waals surface area contributed by atoms with E-state index < -0.39 is 0 Å². The van der Waals surface area contributed by atoms with Gasteiger partial charge in [0.1, 0.15) is 11.5 Å². The number of hydrogen-bond acceptors (Lipinski definition) is 4. The fraction of sp³-hybridized carbons (Fsp3) is 0.478. The minimum absolute atomic E-state index is 0.169. The standard InChI is InChI=1S/C23H31NO3/c1-18-9-3-5-12-21(18)27-22-13-6-4-10-19(22)20(11-7-8-15-25-2)23-17-24-14-16-26-23/h3-6,9-10,12-13,20,23-24H,7-8,11,14-17H2,1-2H3/t20-,23+/m1/s1. The summed E-state index contributed by atoms with van der Waals surface area (Å²) < 4.78 is 17.7. The maximum Gasteiger partial charge on any atom is 0.131 e. The van der Waals surface area contributed by atoms with Gasteiger partial charge in [-0.1, -0.05) is 42.8 Å². The van der Waals surface area contributed by atoms with Gasteiger partial charge in [-0.05, 0) is 37.5 Å². The second kappa shape index (κ2) is 10.5. The van der Waals surface area contributed by atoms with E-state index in [9.17, 15) is 0 Å². The molecule has 1 N–H and O–H groups in total. The highest BCUT2D eigenvalue weighted by Crippen LogP contribution is 2.37. The molecule has 2 atom stereocenters. The number of morpholine rings is 1. The van der Waals surface area contributed by atoms with Crippen LogP contribution in [0.3, 0.4) is 0 Å². The van der Waals surface area contributed by atoms with E-state index in [1.165, 1.54) is 5.56 Å². The lowest BCUT2D eigenvalue weighted by molar-refractivity contribution is 0.00810. The van der Waals surface area contributed by atoms with Crippen molar-refractivity contribution in [3.63, 3.8) is 0 Å². The largest absolute Gasteiger partial charge is 0.457 e. The molecule has 1 heterocycles. The number of para-hydroxylation sites is 2. The highest BCUT2D eigenvalue weighted by Gasteiger charge is 2.28. The molecule has 0 radical (unpaired) electrons. The van der Waals surface area contributed by atoms with Crippen molar-refractivity contribution < 1.29 is 14.2 Å². The number of aryl methyl sites for hydroxylation is 1. The molecule has 0 spiro atoms. The minimum atomic E-state index is 0.169. The molecule has 0 aliphatic carbocycles. The summed E-state index contributed by atoms with van der Waals surface area (Å²) in [6.07, 6.45) is 3.40. The van der Waals surface area contributed by atoms with Crippen molar-refractivity contribution in [2.45, 2.75) is 38.2 Å². The molecular weight excluding hydrogens is 338 g/mol. The number of ether oxygens (including phenoxy) is 3. The molecule has 3 rings (SSSR count). The number of rotatable bonds is 9. The van der Waals surface area contributed by atoms with Crippen molar-refractivity contribution >= 4 is 0 Å². The first-order valence-electron chi connectivity index (χ1n) is 9.93. The van der Waals surface area contributed by atoms with Gasteiger partial charge in [-0.2, -0.15) is 0 Å². The molecule has 27 heavy (non-hydrogen) atoms. The summed E-state index contributed by atoms with van der Waals surface area (Å²) in [7, 11) is 1.76. The first-order chi connectivity index (χ1) is 13.3. The fourth-order valence-corrected chi connectivity index (χ4v) is 3.67. The van der Waals surface area contributed by atoms with Crippen molar-refractivity contribution in [1.29, 1.82) is 0 Å². The van der Waals surface area contributed by atoms with Crippen LogP contribution < -0.4 is 10.1 Å². The third kappa shape index (κ3) is 5.55. The summed E-state index contributed by atoms with van der Waals surface area (Å²) in [5.74, 6) is 2.14. The lowest BCUT2D eigenvalue weighted by Crippen LogP contribution is -2.42. The Labute approximate surface area is 162 Å². The Hall–Kier alpha value is -1.88. The van der Waals surface area contributed by atoms with Crippen LogP contribution in [0.1, 0.15) is 36.3 Å². The minimum Gasteiger partial charge on any atom is -0.457 e. The lowest BCUT2D eigenvalue weighted by atomic mass is 9.87. The van der Waals surface area contributed by atoms with E-state index in [0.29, 0.717) is 5.92 Å². The molecular formula is C23H31NO3. The zero-order valence-corrected chi connectivity index (χ0v) is 16.4. The van der Waals surface area contributed by atoms with Crippen LogP contribution in [0.5, 0.6) is 11.5 Å². The summed E-state index contributed by atoms with van der Waals surface area (Å²) in [5.41, 5.74) is 2.37. The van der Waals surface area contributed by atoms with Gasteiger partial charge in [0.2, 0.25) is 0 Å². The molecule has 146 valence electrons. The monoisotopic (exact) mass is 369 g/mol. The molecule has 2 aromatic carbocycles. The Morgan fingerprint density at radius 1 is 1.07 bits per heavy atom. The highest BCUT2D eigenvalue weighted by molar-refractivity contribution is 5.42. The fourth-order valence-electron chi connectivity index (χ4n) is 3.67. The second-order valence-corrected chi connectivity index (χ2v) is 7.11. The number of methoxy groups -OCH3 is 1. The quantitative estimate of drug-likeness (QED) is 0.652. The van der Waals surface area contributed by atoms with Gasteiger partial charge in [-0.25, -0.2) is 0 Å². The molecule has 0 aromatic heterocycles. The molecule has 2 aromatic rings. The SMILES string of the molecule is COCCCC[C@H](c1ccccc1Oc1ccccc1C)[C@@H]1CNCCO1. The lowest BCUT2D eigenvalue weighted by Gasteiger charge is -2.32. The van der Waals surface area contributed by atoms with Crippen LogP contribution in [-0.2, 0) is 9.47 Å². The van der Waals surface area contributed by atoms with Crippen LogP contribution in [0.25, 0.3) is 0 Å². The van der Waals surface area contributed by atoms with Gasteiger partial charge in [-0.3, -0.25) is 0 Å². The maximum atomic E-state index is 6.34. The van der Waals surface area contributed by atoms with E-state index in [-0.39, 0.29) is 6.10 Å². The van der Waals surface area contributed by atoms with E-state index in [4.69, 9.17) is 14.2 Å². The summed E-state index contributed by atoms with van der Waals surface area (Å²) in [6.45, 7) is 5.45. The van der Waals surface area contributed by atoms with E-state index >= 15 is 0 Å². The first kappa shape index (κ1) is 19.9. The molecule has 1 fully saturated rings. The number of benzene rings is 2. The van der Waals surface area contributed by atoms with Gasteiger partial charge in [0.25, 0.3) is 0 Å². The molecule has 1 aliphatic rings. The van der Waals surface area contributed by atoms with Crippen molar-refractivity contribution in [1.82, 2.24) is 5.32 Å². The molecule has 1 aliphatic heterocycles. The van der Waals surface area contributed by atoms with Gasteiger partial charge >= 0.3 is 0 Å². The summed E-state index contributed by atoms with van der Waals surface area (Å²) in [4.78, 5) is 0. The molecule has 0 bridgehead atoms. The molecule has 0 amide bonds. The molecule has 4 nitrogen and oxygen atoms in total. The third-order valence-corrected chi connectivity index (χ3v) is 5.15. The Bertz CT molecular complexity index is 698. The van der Waals surface area contributed by atoms with E-state index in [1.807, 2.05) is 24.3 Å². The number of unbranched alkanes of at least 4 members (excludes halogenated alkanes) is 1. The van der Waals surface area contributed by atoms with Crippen molar-refractivity contribution in [2.75, 3.05) is 33.4 Å². The maximum absolute atomic E-state index is 6.34. The van der Waals surface area contributed by atoms with Gasteiger partial charge < -0.3 is 19.5 Å². The van der Waals surface area contributed by atoms with Crippen LogP contribution in [0.2, 0.25) is 0 Å². The van der Waals surface area contributed by atoms with E-state index in [1.54, 1.807) is 7.11 Å². The Morgan fingerprint density at radius 2 is 1.85 bits per heavy atom. The summed E-state index contributed by atoms with van der Waals surface area (Å²) >= 11 is 0. The van der Waals surface area contributed by atoms with Crippen LogP contribution in [0, 0.1) is 6.92 Å². The van der Waals surface area contributed by atoms with E-state index in [0.717, 1.165) is 62.6 Å². The van der Waals surface area contributed by atoms with Crippen molar-refractivity contribution in [3.05, 3.63) is 59.7 Å². The molecule has 1 saturated heterocycles. The average Bonchev–Trinajstić information content (AvgIpc) is 2.71. The van der Waals surface area contributed by atoms with Crippen LogP contribution in [0.15, 0.2) is 48.5 Å². The summed E-state index contributed by atoms with van der Waals surface area (Å²) in [5, 5.41) is 3.47. The number of nitrogens with one attached hydrogen (secondary N) is 1. The van der Waals surface area contributed by atoms with Crippen molar-refractivity contribution in [3.8, 4) is 11.5 Å². The van der Waals surface area contributed by atoms with Gasteiger partial charge in [0, 0.05) is 38.3 Å². The Kier molecular flexibility index (Phi) is 7.69.